The van der Waals surface area contributed by atoms with Gasteiger partial charge in [0.05, 0.1) is 12.6 Å². The van der Waals surface area contributed by atoms with Crippen molar-refractivity contribution in [2.75, 3.05) is 20.8 Å². The molecule has 0 saturated heterocycles. The molecule has 1 unspecified atom stereocenters. The van der Waals surface area contributed by atoms with Gasteiger partial charge in [0, 0.05) is 17.2 Å². The molecule has 0 aliphatic rings. The summed E-state index contributed by atoms with van der Waals surface area (Å²) in [4.78, 5) is 0. The lowest BCUT2D eigenvalue weighted by molar-refractivity contribution is 0.202. The van der Waals surface area contributed by atoms with Crippen molar-refractivity contribution in [2.24, 2.45) is 0 Å². The van der Waals surface area contributed by atoms with E-state index in [-0.39, 0.29) is 6.04 Å². The first kappa shape index (κ1) is 16.3. The number of methoxy groups -OCH3 is 1. The summed E-state index contributed by atoms with van der Waals surface area (Å²) in [6.45, 7) is 0.735. The molecule has 112 valence electrons. The Hall–Kier alpha value is -1.06. The van der Waals surface area contributed by atoms with Gasteiger partial charge in [-0.15, -0.1) is 0 Å². The van der Waals surface area contributed by atoms with Crippen molar-refractivity contribution in [1.29, 1.82) is 0 Å². The molecular formula is C17H19Cl2NO. The van der Waals surface area contributed by atoms with Gasteiger partial charge < -0.3 is 10.1 Å². The molecule has 21 heavy (non-hydrogen) atoms. The number of hydrogen-bond donors (Lipinski definition) is 1. The van der Waals surface area contributed by atoms with E-state index >= 15 is 0 Å². The van der Waals surface area contributed by atoms with Gasteiger partial charge in [0.15, 0.2) is 0 Å². The molecule has 2 aromatic rings. The standard InChI is InChI=1S/C17H19Cl2NO/c1-20-17(14-9-15(18)11-16(19)10-14)13-5-3-12(4-6-13)7-8-21-2/h3-6,9-11,17,20H,7-8H2,1-2H3. The summed E-state index contributed by atoms with van der Waals surface area (Å²) in [5.41, 5.74) is 3.50. The van der Waals surface area contributed by atoms with Crippen LogP contribution in [0.15, 0.2) is 42.5 Å². The molecule has 4 heteroatoms. The smallest absolute Gasteiger partial charge is 0.0575 e. The Labute approximate surface area is 136 Å². The van der Waals surface area contributed by atoms with Gasteiger partial charge in [-0.25, -0.2) is 0 Å². The fourth-order valence-electron chi connectivity index (χ4n) is 2.36. The molecule has 0 aromatic heterocycles. The molecule has 2 aromatic carbocycles. The van der Waals surface area contributed by atoms with Crippen molar-refractivity contribution in [1.82, 2.24) is 5.32 Å². The highest BCUT2D eigenvalue weighted by molar-refractivity contribution is 6.34. The Kier molecular flexibility index (Phi) is 6.07. The monoisotopic (exact) mass is 323 g/mol. The number of rotatable bonds is 6. The fourth-order valence-corrected chi connectivity index (χ4v) is 2.91. The van der Waals surface area contributed by atoms with Crippen LogP contribution in [-0.4, -0.2) is 20.8 Å². The largest absolute Gasteiger partial charge is 0.384 e. The van der Waals surface area contributed by atoms with Gasteiger partial charge in [0.25, 0.3) is 0 Å². The first-order valence-electron chi connectivity index (χ1n) is 6.85. The Morgan fingerprint density at radius 1 is 1.00 bits per heavy atom. The van der Waals surface area contributed by atoms with Crippen LogP contribution in [0, 0.1) is 0 Å². The average Bonchev–Trinajstić information content (AvgIpc) is 2.46. The average molecular weight is 324 g/mol. The zero-order valence-corrected chi connectivity index (χ0v) is 13.7. The molecule has 0 saturated carbocycles. The maximum Gasteiger partial charge on any atom is 0.0575 e. The van der Waals surface area contributed by atoms with Crippen LogP contribution >= 0.6 is 23.2 Å². The van der Waals surface area contributed by atoms with Crippen molar-refractivity contribution in [3.63, 3.8) is 0 Å². The van der Waals surface area contributed by atoms with Crippen molar-refractivity contribution in [3.8, 4) is 0 Å². The van der Waals surface area contributed by atoms with E-state index in [2.05, 4.69) is 29.6 Å². The molecule has 1 atom stereocenters. The summed E-state index contributed by atoms with van der Waals surface area (Å²) in [6, 6.07) is 14.2. The normalized spacial score (nSPS) is 12.4. The van der Waals surface area contributed by atoms with E-state index in [9.17, 15) is 0 Å². The van der Waals surface area contributed by atoms with E-state index in [0.717, 1.165) is 18.6 Å². The van der Waals surface area contributed by atoms with Crippen LogP contribution in [-0.2, 0) is 11.2 Å². The van der Waals surface area contributed by atoms with Gasteiger partial charge in [0.2, 0.25) is 0 Å². The van der Waals surface area contributed by atoms with E-state index in [1.165, 1.54) is 11.1 Å². The van der Waals surface area contributed by atoms with Crippen molar-refractivity contribution < 1.29 is 4.74 Å². The van der Waals surface area contributed by atoms with Crippen LogP contribution in [0.4, 0.5) is 0 Å². The van der Waals surface area contributed by atoms with Gasteiger partial charge in [-0.05, 0) is 48.4 Å². The van der Waals surface area contributed by atoms with Crippen LogP contribution in [0.2, 0.25) is 10.0 Å². The summed E-state index contributed by atoms with van der Waals surface area (Å²) >= 11 is 12.2. The van der Waals surface area contributed by atoms with Crippen LogP contribution in [0.1, 0.15) is 22.7 Å². The third kappa shape index (κ3) is 4.45. The molecule has 0 amide bonds. The number of nitrogens with one attached hydrogen (secondary N) is 1. The maximum absolute atomic E-state index is 6.09. The molecule has 1 N–H and O–H groups in total. The minimum atomic E-state index is 0.0673. The first-order chi connectivity index (χ1) is 10.1. The predicted molar refractivity (Wildman–Crippen MR) is 89.4 cm³/mol. The third-order valence-corrected chi connectivity index (χ3v) is 3.85. The predicted octanol–water partition coefficient (Wildman–Crippen LogP) is 4.49. The van der Waals surface area contributed by atoms with E-state index in [1.54, 1.807) is 13.2 Å². The molecule has 2 nitrogen and oxygen atoms in total. The molecule has 0 bridgehead atoms. The minimum Gasteiger partial charge on any atom is -0.384 e. The highest BCUT2D eigenvalue weighted by Gasteiger charge is 2.13. The summed E-state index contributed by atoms with van der Waals surface area (Å²) in [5.74, 6) is 0. The van der Waals surface area contributed by atoms with Gasteiger partial charge >= 0.3 is 0 Å². The second kappa shape index (κ2) is 7.81. The summed E-state index contributed by atoms with van der Waals surface area (Å²) in [5, 5.41) is 4.61. The fraction of sp³-hybridized carbons (Fsp3) is 0.294. The molecular weight excluding hydrogens is 305 g/mol. The second-order valence-corrected chi connectivity index (χ2v) is 5.78. The van der Waals surface area contributed by atoms with Crippen molar-refractivity contribution in [2.45, 2.75) is 12.5 Å². The van der Waals surface area contributed by atoms with Gasteiger partial charge in [-0.3, -0.25) is 0 Å². The molecule has 0 aliphatic carbocycles. The molecule has 0 aliphatic heterocycles. The lowest BCUT2D eigenvalue weighted by Gasteiger charge is -2.18. The van der Waals surface area contributed by atoms with Crippen LogP contribution in [0.3, 0.4) is 0 Å². The first-order valence-corrected chi connectivity index (χ1v) is 7.60. The highest BCUT2D eigenvalue weighted by Crippen LogP contribution is 2.27. The van der Waals surface area contributed by atoms with Gasteiger partial charge in [-0.2, -0.15) is 0 Å². The molecule has 0 spiro atoms. The van der Waals surface area contributed by atoms with E-state index < -0.39 is 0 Å². The quantitative estimate of drug-likeness (QED) is 0.845. The Morgan fingerprint density at radius 2 is 1.62 bits per heavy atom. The van der Waals surface area contributed by atoms with E-state index in [1.807, 2.05) is 19.2 Å². The Balaban J connectivity index is 2.24. The van der Waals surface area contributed by atoms with E-state index in [0.29, 0.717) is 10.0 Å². The number of halogens is 2. The number of ether oxygens (including phenoxy) is 1. The summed E-state index contributed by atoms with van der Waals surface area (Å²) in [7, 11) is 3.65. The topological polar surface area (TPSA) is 21.3 Å². The van der Waals surface area contributed by atoms with Crippen LogP contribution < -0.4 is 5.32 Å². The Morgan fingerprint density at radius 3 is 2.14 bits per heavy atom. The van der Waals surface area contributed by atoms with E-state index in [4.69, 9.17) is 27.9 Å². The highest BCUT2D eigenvalue weighted by atomic mass is 35.5. The molecule has 0 fully saturated rings. The van der Waals surface area contributed by atoms with Crippen LogP contribution in [0.25, 0.3) is 0 Å². The van der Waals surface area contributed by atoms with Crippen molar-refractivity contribution in [3.05, 3.63) is 69.2 Å². The molecule has 0 heterocycles. The molecule has 0 radical (unpaired) electrons. The summed E-state index contributed by atoms with van der Waals surface area (Å²) in [6.07, 6.45) is 0.921. The number of hydrogen-bond acceptors (Lipinski definition) is 2. The number of benzene rings is 2. The zero-order chi connectivity index (χ0) is 15.2. The van der Waals surface area contributed by atoms with Gasteiger partial charge in [0.1, 0.15) is 0 Å². The SMILES string of the molecule is CNC(c1ccc(CCOC)cc1)c1cc(Cl)cc(Cl)c1. The lowest BCUT2D eigenvalue weighted by Crippen LogP contribution is -2.17. The Bertz CT molecular complexity index is 564. The van der Waals surface area contributed by atoms with Crippen molar-refractivity contribution >= 4 is 23.2 Å². The third-order valence-electron chi connectivity index (χ3n) is 3.41. The zero-order valence-electron chi connectivity index (χ0n) is 12.2. The second-order valence-electron chi connectivity index (χ2n) is 4.91. The lowest BCUT2D eigenvalue weighted by atomic mass is 9.97. The summed E-state index contributed by atoms with van der Waals surface area (Å²) < 4.78 is 5.10. The molecule has 2 rings (SSSR count). The van der Waals surface area contributed by atoms with Crippen LogP contribution in [0.5, 0.6) is 0 Å². The van der Waals surface area contributed by atoms with Gasteiger partial charge in [-0.1, -0.05) is 47.5 Å². The minimum absolute atomic E-state index is 0.0673. The maximum atomic E-state index is 6.09.